The van der Waals surface area contributed by atoms with Crippen molar-refractivity contribution in [3.63, 3.8) is 0 Å². The van der Waals surface area contributed by atoms with Crippen molar-refractivity contribution in [3.05, 3.63) is 34.3 Å². The van der Waals surface area contributed by atoms with Crippen LogP contribution in [0.5, 0.6) is 0 Å². The summed E-state index contributed by atoms with van der Waals surface area (Å²) < 4.78 is 0. The second-order valence-electron chi connectivity index (χ2n) is 3.65. The zero-order valence-corrected chi connectivity index (χ0v) is 10.8. The summed E-state index contributed by atoms with van der Waals surface area (Å²) in [4.78, 5) is 9.96. The number of nitrogens with zero attached hydrogens (tertiary/aromatic N) is 2. The Bertz CT molecular complexity index is 467. The molecular weight excluding hydrogens is 232 g/mol. The fourth-order valence-electron chi connectivity index (χ4n) is 1.52. The average Bonchev–Trinajstić information content (AvgIpc) is 2.79. The number of hydrogen-bond donors (Lipinski definition) is 2. The molecule has 17 heavy (non-hydrogen) atoms. The molecule has 0 aliphatic rings. The van der Waals surface area contributed by atoms with E-state index in [-0.39, 0.29) is 0 Å². The molecule has 5 heteroatoms. The SMILES string of the molecule is CCNc1cc(NCc2cccs2)nc(C)n1. The minimum absolute atomic E-state index is 0.775. The lowest BCUT2D eigenvalue weighted by molar-refractivity contribution is 1.02. The normalized spacial score (nSPS) is 10.2. The lowest BCUT2D eigenvalue weighted by Crippen LogP contribution is -2.06. The molecule has 0 saturated carbocycles. The molecule has 0 radical (unpaired) electrons. The number of hydrogen-bond acceptors (Lipinski definition) is 5. The van der Waals surface area contributed by atoms with Gasteiger partial charge in [0.25, 0.3) is 0 Å². The maximum absolute atomic E-state index is 4.36. The highest BCUT2D eigenvalue weighted by Gasteiger charge is 2.01. The molecule has 0 aliphatic heterocycles. The van der Waals surface area contributed by atoms with Crippen LogP contribution in [-0.4, -0.2) is 16.5 Å². The number of nitrogens with one attached hydrogen (secondary N) is 2. The van der Waals surface area contributed by atoms with E-state index in [9.17, 15) is 0 Å². The number of anilines is 2. The van der Waals surface area contributed by atoms with Crippen LogP contribution in [0.1, 0.15) is 17.6 Å². The van der Waals surface area contributed by atoms with Gasteiger partial charge in [0, 0.05) is 17.5 Å². The van der Waals surface area contributed by atoms with Crippen LogP contribution in [0.25, 0.3) is 0 Å². The van der Waals surface area contributed by atoms with Crippen molar-refractivity contribution in [1.29, 1.82) is 0 Å². The second kappa shape index (κ2) is 5.63. The van der Waals surface area contributed by atoms with Crippen LogP contribution in [0.3, 0.4) is 0 Å². The molecule has 90 valence electrons. The Morgan fingerprint density at radius 1 is 1.24 bits per heavy atom. The van der Waals surface area contributed by atoms with Crippen LogP contribution in [-0.2, 0) is 6.54 Å². The van der Waals surface area contributed by atoms with E-state index < -0.39 is 0 Å². The Balaban J connectivity index is 2.04. The Labute approximate surface area is 105 Å². The first-order valence-corrected chi connectivity index (χ1v) is 6.51. The molecule has 0 atom stereocenters. The first-order chi connectivity index (χ1) is 8.28. The molecule has 0 saturated heterocycles. The summed E-state index contributed by atoms with van der Waals surface area (Å²) in [5.41, 5.74) is 0. The minimum Gasteiger partial charge on any atom is -0.370 e. The van der Waals surface area contributed by atoms with Crippen LogP contribution < -0.4 is 10.6 Å². The van der Waals surface area contributed by atoms with Crippen molar-refractivity contribution in [3.8, 4) is 0 Å². The van der Waals surface area contributed by atoms with Crippen molar-refractivity contribution in [2.75, 3.05) is 17.2 Å². The Hall–Kier alpha value is -1.62. The summed E-state index contributed by atoms with van der Waals surface area (Å²) in [6.07, 6.45) is 0. The van der Waals surface area contributed by atoms with Gasteiger partial charge in [0.05, 0.1) is 6.54 Å². The van der Waals surface area contributed by atoms with Gasteiger partial charge in [-0.2, -0.15) is 0 Å². The van der Waals surface area contributed by atoms with E-state index in [1.807, 2.05) is 13.0 Å². The van der Waals surface area contributed by atoms with Gasteiger partial charge in [0.15, 0.2) is 0 Å². The molecule has 0 amide bonds. The van der Waals surface area contributed by atoms with Gasteiger partial charge in [-0.1, -0.05) is 6.07 Å². The molecular formula is C12H16N4S. The quantitative estimate of drug-likeness (QED) is 0.854. The van der Waals surface area contributed by atoms with Crippen molar-refractivity contribution in [2.24, 2.45) is 0 Å². The van der Waals surface area contributed by atoms with E-state index in [4.69, 9.17) is 0 Å². The monoisotopic (exact) mass is 248 g/mol. The van der Waals surface area contributed by atoms with Crippen LogP contribution >= 0.6 is 11.3 Å². The van der Waals surface area contributed by atoms with E-state index in [0.717, 1.165) is 30.5 Å². The van der Waals surface area contributed by atoms with Gasteiger partial charge in [-0.05, 0) is 25.3 Å². The molecule has 4 nitrogen and oxygen atoms in total. The largest absolute Gasteiger partial charge is 0.370 e. The van der Waals surface area contributed by atoms with Crippen molar-refractivity contribution >= 4 is 23.0 Å². The first kappa shape index (κ1) is 11.9. The van der Waals surface area contributed by atoms with Gasteiger partial charge in [-0.15, -0.1) is 11.3 Å². The van der Waals surface area contributed by atoms with Gasteiger partial charge >= 0.3 is 0 Å². The van der Waals surface area contributed by atoms with Crippen LogP contribution in [0.4, 0.5) is 11.6 Å². The molecule has 0 bridgehead atoms. The molecule has 2 rings (SSSR count). The zero-order chi connectivity index (χ0) is 12.1. The lowest BCUT2D eigenvalue weighted by Gasteiger charge is -2.08. The van der Waals surface area contributed by atoms with Gasteiger partial charge in [0.2, 0.25) is 0 Å². The summed E-state index contributed by atoms with van der Waals surface area (Å²) in [5.74, 6) is 2.51. The molecule has 0 spiro atoms. The predicted molar refractivity (Wildman–Crippen MR) is 72.6 cm³/mol. The molecule has 2 aromatic heterocycles. The van der Waals surface area contributed by atoms with Crippen molar-refractivity contribution in [1.82, 2.24) is 9.97 Å². The molecule has 2 N–H and O–H groups in total. The summed E-state index contributed by atoms with van der Waals surface area (Å²) >= 11 is 1.74. The third-order valence-electron chi connectivity index (χ3n) is 2.22. The average molecular weight is 248 g/mol. The van der Waals surface area contributed by atoms with Gasteiger partial charge in [0.1, 0.15) is 17.5 Å². The topological polar surface area (TPSA) is 49.8 Å². The highest BCUT2D eigenvalue weighted by molar-refractivity contribution is 7.09. The van der Waals surface area contributed by atoms with Crippen molar-refractivity contribution in [2.45, 2.75) is 20.4 Å². The van der Waals surface area contributed by atoms with E-state index >= 15 is 0 Å². The Kier molecular flexibility index (Phi) is 3.93. The molecule has 0 fully saturated rings. The van der Waals surface area contributed by atoms with Crippen LogP contribution in [0.2, 0.25) is 0 Å². The standard InChI is InChI=1S/C12H16N4S/c1-3-13-11-7-12(16-9(2)15-11)14-8-10-5-4-6-17-10/h4-7H,3,8H2,1-2H3,(H2,13,14,15,16). The number of thiophene rings is 1. The Morgan fingerprint density at radius 3 is 2.65 bits per heavy atom. The fourth-order valence-corrected chi connectivity index (χ4v) is 2.17. The Morgan fingerprint density at radius 2 is 2.00 bits per heavy atom. The maximum Gasteiger partial charge on any atom is 0.132 e. The highest BCUT2D eigenvalue weighted by Crippen LogP contribution is 2.14. The van der Waals surface area contributed by atoms with Gasteiger partial charge in [-0.3, -0.25) is 0 Å². The summed E-state index contributed by atoms with van der Waals surface area (Å²) in [6, 6.07) is 6.10. The predicted octanol–water partition coefficient (Wildman–Crippen LogP) is 2.89. The number of aryl methyl sites for hydroxylation is 1. The molecule has 2 aromatic rings. The lowest BCUT2D eigenvalue weighted by atomic mass is 10.4. The van der Waals surface area contributed by atoms with Crippen LogP contribution in [0, 0.1) is 6.92 Å². The third kappa shape index (κ3) is 3.42. The van der Waals surface area contributed by atoms with Crippen molar-refractivity contribution < 1.29 is 0 Å². The number of aromatic nitrogens is 2. The van der Waals surface area contributed by atoms with Gasteiger partial charge < -0.3 is 10.6 Å². The third-order valence-corrected chi connectivity index (χ3v) is 3.10. The van der Waals surface area contributed by atoms with E-state index in [1.54, 1.807) is 11.3 Å². The molecule has 0 aromatic carbocycles. The van der Waals surface area contributed by atoms with E-state index in [1.165, 1.54) is 4.88 Å². The minimum atomic E-state index is 0.775. The summed E-state index contributed by atoms with van der Waals surface area (Å²) in [6.45, 7) is 5.62. The molecule has 0 aliphatic carbocycles. The fraction of sp³-hybridized carbons (Fsp3) is 0.333. The maximum atomic E-state index is 4.36. The molecule has 0 unspecified atom stereocenters. The first-order valence-electron chi connectivity index (χ1n) is 5.63. The smallest absolute Gasteiger partial charge is 0.132 e. The summed E-state index contributed by atoms with van der Waals surface area (Å²) in [7, 11) is 0. The molecule has 2 heterocycles. The highest BCUT2D eigenvalue weighted by atomic mass is 32.1. The second-order valence-corrected chi connectivity index (χ2v) is 4.68. The van der Waals surface area contributed by atoms with E-state index in [0.29, 0.717) is 0 Å². The van der Waals surface area contributed by atoms with Gasteiger partial charge in [-0.25, -0.2) is 9.97 Å². The summed E-state index contributed by atoms with van der Waals surface area (Å²) in [5, 5.41) is 8.58. The zero-order valence-electron chi connectivity index (χ0n) is 10.0. The number of rotatable bonds is 5. The van der Waals surface area contributed by atoms with Crippen LogP contribution in [0.15, 0.2) is 23.6 Å². The van der Waals surface area contributed by atoms with E-state index in [2.05, 4.69) is 45.0 Å².